The van der Waals surface area contributed by atoms with Crippen LogP contribution in [0.25, 0.3) is 0 Å². The van der Waals surface area contributed by atoms with Crippen LogP contribution in [0.1, 0.15) is 12.8 Å². The average Bonchev–Trinajstić information content (AvgIpc) is 3.23. The Kier molecular flexibility index (Phi) is 8.34. The Morgan fingerprint density at radius 3 is 2.38 bits per heavy atom. The van der Waals surface area contributed by atoms with Crippen LogP contribution < -0.4 is 27.1 Å². The van der Waals surface area contributed by atoms with E-state index >= 15 is 4.39 Å². The second-order valence-corrected chi connectivity index (χ2v) is 11.9. The molecule has 7 unspecified atom stereocenters. The van der Waals surface area contributed by atoms with Crippen molar-refractivity contribution in [3.63, 3.8) is 0 Å². The number of amides is 2. The summed E-state index contributed by atoms with van der Waals surface area (Å²) in [6.45, 7) is 7.11. The van der Waals surface area contributed by atoms with E-state index in [0.717, 1.165) is 39.4 Å². The van der Waals surface area contributed by atoms with Crippen LogP contribution in [0.15, 0.2) is 0 Å². The number of piperidine rings is 2. The number of ether oxygens (including phenoxy) is 1. The molecule has 6 fully saturated rings. The van der Waals surface area contributed by atoms with Gasteiger partial charge < -0.3 is 26.0 Å². The number of nitrogens with two attached hydrogens (primary N) is 1. The lowest BCUT2D eigenvalue weighted by Gasteiger charge is -2.46. The van der Waals surface area contributed by atoms with E-state index in [-0.39, 0.29) is 37.4 Å². The summed E-state index contributed by atoms with van der Waals surface area (Å²) < 4.78 is 34.5. The molecule has 0 aliphatic carbocycles. The Hall–Kier alpha value is -1.52. The van der Waals surface area contributed by atoms with Gasteiger partial charge in [0.2, 0.25) is 11.8 Å². The average molecular weight is 556 g/mol. The van der Waals surface area contributed by atoms with E-state index in [0.29, 0.717) is 38.5 Å². The van der Waals surface area contributed by atoms with E-state index in [9.17, 15) is 14.0 Å². The minimum Gasteiger partial charge on any atom is -0.378 e. The van der Waals surface area contributed by atoms with E-state index in [2.05, 4.69) is 31.2 Å². The van der Waals surface area contributed by atoms with E-state index in [1.54, 1.807) is 5.01 Å². The summed E-state index contributed by atoms with van der Waals surface area (Å²) >= 11 is 0. The highest BCUT2D eigenvalue weighted by Gasteiger charge is 2.49. The highest BCUT2D eigenvalue weighted by atomic mass is 19.1. The Balaban J connectivity index is 1.02. The molecule has 12 nitrogen and oxygen atoms in total. The van der Waals surface area contributed by atoms with Crippen LogP contribution in [-0.4, -0.2) is 153 Å². The van der Waals surface area contributed by atoms with Gasteiger partial charge in [0.1, 0.15) is 12.3 Å². The van der Waals surface area contributed by atoms with Gasteiger partial charge in [0.15, 0.2) is 0 Å². The molecule has 6 aliphatic rings. The third-order valence-corrected chi connectivity index (χ3v) is 9.50. The summed E-state index contributed by atoms with van der Waals surface area (Å²) in [4.78, 5) is 33.2. The SMILES string of the molecule is NC1NN2CC(F)CNC2C1C(=O)NC1CNCC(F)C1N1CCC(C(=O)N2CCN(C3COC3)CC2)CC1. The number of piperazine rings is 1. The first kappa shape index (κ1) is 27.6. The first-order valence-electron chi connectivity index (χ1n) is 14.5. The van der Waals surface area contributed by atoms with Crippen molar-refractivity contribution in [3.05, 3.63) is 0 Å². The largest absolute Gasteiger partial charge is 0.378 e. The topological polar surface area (TPSA) is 130 Å². The number of carbonyl (C=O) groups is 2. The molecule has 0 spiro atoms. The molecule has 0 aromatic rings. The van der Waals surface area contributed by atoms with Crippen molar-refractivity contribution in [2.75, 3.05) is 78.7 Å². The summed E-state index contributed by atoms with van der Waals surface area (Å²) in [5, 5.41) is 10.9. The molecule has 0 saturated carbocycles. The van der Waals surface area contributed by atoms with E-state index in [1.807, 2.05) is 4.90 Å². The zero-order valence-corrected chi connectivity index (χ0v) is 22.4. The molecule has 0 aromatic carbocycles. The minimum atomic E-state index is -1.15. The Morgan fingerprint density at radius 2 is 1.69 bits per heavy atom. The maximum absolute atomic E-state index is 15.3. The van der Waals surface area contributed by atoms with Crippen LogP contribution in [-0.2, 0) is 14.3 Å². The van der Waals surface area contributed by atoms with Crippen molar-refractivity contribution in [3.8, 4) is 0 Å². The molecule has 6 aliphatic heterocycles. The van der Waals surface area contributed by atoms with Crippen molar-refractivity contribution >= 4 is 11.8 Å². The number of fused-ring (bicyclic) bond motifs is 1. The van der Waals surface area contributed by atoms with Gasteiger partial charge in [-0.05, 0) is 25.9 Å². The molecule has 0 radical (unpaired) electrons. The summed E-state index contributed by atoms with van der Waals surface area (Å²) in [6.07, 6.45) is -1.87. The third-order valence-electron chi connectivity index (χ3n) is 9.50. The highest BCUT2D eigenvalue weighted by Crippen LogP contribution is 2.27. The molecule has 39 heavy (non-hydrogen) atoms. The maximum atomic E-state index is 15.3. The van der Waals surface area contributed by atoms with Crippen molar-refractivity contribution in [2.24, 2.45) is 17.6 Å². The van der Waals surface area contributed by atoms with Crippen LogP contribution in [0, 0.1) is 11.8 Å². The lowest BCUT2D eigenvalue weighted by molar-refractivity contribution is -0.141. The molecule has 220 valence electrons. The zero-order chi connectivity index (χ0) is 27.1. The lowest BCUT2D eigenvalue weighted by atomic mass is 9.89. The highest BCUT2D eigenvalue weighted by molar-refractivity contribution is 5.81. The Labute approximate surface area is 228 Å². The first-order valence-corrected chi connectivity index (χ1v) is 14.5. The minimum absolute atomic E-state index is 0.0436. The van der Waals surface area contributed by atoms with Gasteiger partial charge >= 0.3 is 0 Å². The molecule has 0 bridgehead atoms. The molecule has 6 rings (SSSR count). The number of hydrogen-bond donors (Lipinski definition) is 5. The quantitative estimate of drug-likeness (QED) is 0.240. The lowest BCUT2D eigenvalue weighted by Crippen LogP contribution is -2.67. The smallest absolute Gasteiger partial charge is 0.229 e. The van der Waals surface area contributed by atoms with Crippen molar-refractivity contribution in [2.45, 2.75) is 55.6 Å². The van der Waals surface area contributed by atoms with Gasteiger partial charge in [-0.25, -0.2) is 19.2 Å². The van der Waals surface area contributed by atoms with Crippen LogP contribution >= 0.6 is 0 Å². The van der Waals surface area contributed by atoms with Gasteiger partial charge in [0, 0.05) is 58.3 Å². The number of halogens is 2. The van der Waals surface area contributed by atoms with E-state index in [1.165, 1.54) is 0 Å². The number of rotatable bonds is 5. The predicted molar refractivity (Wildman–Crippen MR) is 139 cm³/mol. The molecule has 6 N–H and O–H groups in total. The number of likely N-dealkylation sites (tertiary alicyclic amines) is 1. The third kappa shape index (κ3) is 5.67. The molecule has 14 heteroatoms. The standard InChI is InChI=1S/C25H43F2N9O3/c26-16-9-30-23-20(22(28)32-36(23)12-16)24(37)31-19-11-29-10-18(27)21(19)34-3-1-15(2-4-34)25(38)35-7-5-33(6-8-35)17-13-39-14-17/h15-23,29-30,32H,1-14,28H2,(H,31,37). The number of hydrazine groups is 1. The fraction of sp³-hybridized carbons (Fsp3) is 0.920. The number of carbonyl (C=O) groups excluding carboxylic acids is 2. The molecule has 7 atom stereocenters. The predicted octanol–water partition coefficient (Wildman–Crippen LogP) is -2.98. The van der Waals surface area contributed by atoms with Crippen molar-refractivity contribution < 1.29 is 23.1 Å². The summed E-state index contributed by atoms with van der Waals surface area (Å²) in [5.74, 6) is -0.721. The molecule has 0 aromatic heterocycles. The van der Waals surface area contributed by atoms with Crippen LogP contribution in [0.5, 0.6) is 0 Å². The molecule has 2 amide bonds. The number of hydrogen-bond acceptors (Lipinski definition) is 10. The van der Waals surface area contributed by atoms with Gasteiger partial charge in [0.05, 0.1) is 49.6 Å². The van der Waals surface area contributed by atoms with E-state index in [4.69, 9.17) is 10.5 Å². The first-order chi connectivity index (χ1) is 18.9. The van der Waals surface area contributed by atoms with Crippen LogP contribution in [0.2, 0.25) is 0 Å². The molecule has 6 heterocycles. The van der Waals surface area contributed by atoms with Gasteiger partial charge in [-0.2, -0.15) is 0 Å². The Bertz CT molecular complexity index is 885. The second-order valence-electron chi connectivity index (χ2n) is 11.9. The van der Waals surface area contributed by atoms with Gasteiger partial charge in [-0.3, -0.25) is 24.7 Å². The number of nitrogens with one attached hydrogen (secondary N) is 4. The molecular weight excluding hydrogens is 512 g/mol. The van der Waals surface area contributed by atoms with Crippen molar-refractivity contribution in [1.82, 2.24) is 41.1 Å². The summed E-state index contributed by atoms with van der Waals surface area (Å²) in [6, 6.07) is -0.412. The Morgan fingerprint density at radius 1 is 0.949 bits per heavy atom. The monoisotopic (exact) mass is 555 g/mol. The van der Waals surface area contributed by atoms with Gasteiger partial charge in [-0.15, -0.1) is 0 Å². The molecular formula is C25H43F2N9O3. The van der Waals surface area contributed by atoms with Crippen LogP contribution in [0.4, 0.5) is 8.78 Å². The van der Waals surface area contributed by atoms with Gasteiger partial charge in [-0.1, -0.05) is 0 Å². The zero-order valence-electron chi connectivity index (χ0n) is 22.4. The van der Waals surface area contributed by atoms with Crippen molar-refractivity contribution in [1.29, 1.82) is 0 Å². The summed E-state index contributed by atoms with van der Waals surface area (Å²) in [5.41, 5.74) is 9.21. The fourth-order valence-corrected chi connectivity index (χ4v) is 7.19. The fourth-order valence-electron chi connectivity index (χ4n) is 7.19. The normalized spacial score (nSPS) is 39.8. The van der Waals surface area contributed by atoms with E-state index < -0.39 is 42.7 Å². The summed E-state index contributed by atoms with van der Waals surface area (Å²) in [7, 11) is 0. The molecule has 6 saturated heterocycles. The maximum Gasteiger partial charge on any atom is 0.229 e. The second kappa shape index (κ2) is 11.8. The van der Waals surface area contributed by atoms with Gasteiger partial charge in [0.25, 0.3) is 0 Å². The number of nitrogens with zero attached hydrogens (tertiary/aromatic N) is 4. The number of alkyl halides is 2. The van der Waals surface area contributed by atoms with Crippen LogP contribution in [0.3, 0.4) is 0 Å².